The highest BCUT2D eigenvalue weighted by Gasteiger charge is 2.40. The van der Waals surface area contributed by atoms with Crippen LogP contribution < -0.4 is 20.2 Å². The maximum Gasteiger partial charge on any atom is 0.453 e. The highest BCUT2D eigenvalue weighted by Crippen LogP contribution is 2.39. The molecule has 0 fully saturated rings. The van der Waals surface area contributed by atoms with Crippen molar-refractivity contribution < 1.29 is 31.9 Å². The van der Waals surface area contributed by atoms with Gasteiger partial charge in [-0.05, 0) is 79.8 Å². The van der Waals surface area contributed by atoms with E-state index in [1.807, 2.05) is 18.2 Å². The van der Waals surface area contributed by atoms with Crippen molar-refractivity contribution in [1.29, 1.82) is 0 Å². The Morgan fingerprint density at radius 3 is 2.28 bits per heavy atom. The van der Waals surface area contributed by atoms with Crippen molar-refractivity contribution >= 4 is 22.6 Å². The molecule has 204 valence electrons. The lowest BCUT2D eigenvalue weighted by Crippen LogP contribution is -2.20. The number of carbonyl (C=O) groups excluding carboxylic acids is 1. The zero-order valence-electron chi connectivity index (χ0n) is 21.8. The summed E-state index contributed by atoms with van der Waals surface area (Å²) in [7, 11) is 0. The van der Waals surface area contributed by atoms with Gasteiger partial charge in [-0.3, -0.25) is 9.59 Å². The maximum absolute atomic E-state index is 13.9. The second kappa shape index (κ2) is 11.6. The molecule has 1 amide bonds. The van der Waals surface area contributed by atoms with Crippen LogP contribution in [0.1, 0.15) is 42.2 Å². The van der Waals surface area contributed by atoms with Crippen molar-refractivity contribution in [2.45, 2.75) is 46.2 Å². The van der Waals surface area contributed by atoms with Gasteiger partial charge in [0.2, 0.25) is 11.2 Å². The number of hydrogen-bond donors (Lipinski definition) is 1. The van der Waals surface area contributed by atoms with Crippen molar-refractivity contribution in [3.63, 3.8) is 0 Å². The molecular formula is C30H28F3NO5. The summed E-state index contributed by atoms with van der Waals surface area (Å²) in [5.74, 6) is -2.81. The molecule has 0 unspecified atom stereocenters. The lowest BCUT2D eigenvalue weighted by molar-refractivity contribution is -0.154. The molecule has 4 aromatic rings. The summed E-state index contributed by atoms with van der Waals surface area (Å²) in [5.41, 5.74) is 1.97. The Balaban J connectivity index is 1.53. The third-order valence-electron chi connectivity index (χ3n) is 5.92. The highest BCUT2D eigenvalue weighted by atomic mass is 19.4. The quantitative estimate of drug-likeness (QED) is 0.237. The Hall–Kier alpha value is -4.27. The maximum atomic E-state index is 13.9. The van der Waals surface area contributed by atoms with E-state index in [1.165, 1.54) is 29.8 Å². The van der Waals surface area contributed by atoms with Crippen LogP contribution in [0.3, 0.4) is 0 Å². The fourth-order valence-corrected chi connectivity index (χ4v) is 4.12. The molecule has 39 heavy (non-hydrogen) atoms. The average Bonchev–Trinajstić information content (AvgIpc) is 2.87. The van der Waals surface area contributed by atoms with Gasteiger partial charge in [0.1, 0.15) is 17.1 Å². The molecule has 3 aromatic carbocycles. The van der Waals surface area contributed by atoms with Gasteiger partial charge in [0.15, 0.2) is 6.61 Å². The summed E-state index contributed by atoms with van der Waals surface area (Å²) in [6, 6.07) is 16.1. The second-order valence-electron chi connectivity index (χ2n) is 9.31. The monoisotopic (exact) mass is 539 g/mol. The second-order valence-corrected chi connectivity index (χ2v) is 9.31. The number of amides is 1. The van der Waals surface area contributed by atoms with E-state index in [9.17, 15) is 22.8 Å². The minimum atomic E-state index is -5.00. The topological polar surface area (TPSA) is 77.8 Å². The van der Waals surface area contributed by atoms with E-state index in [4.69, 9.17) is 13.9 Å². The number of aryl methyl sites for hydroxylation is 3. The van der Waals surface area contributed by atoms with Crippen molar-refractivity contribution in [3.8, 4) is 17.2 Å². The number of fused-ring (bicyclic) bond motifs is 1. The van der Waals surface area contributed by atoms with Gasteiger partial charge < -0.3 is 19.2 Å². The van der Waals surface area contributed by atoms with Crippen LogP contribution in [-0.2, 0) is 17.4 Å². The first-order valence-corrected chi connectivity index (χ1v) is 12.5. The smallest absolute Gasteiger partial charge is 0.453 e. The van der Waals surface area contributed by atoms with Crippen LogP contribution in [0.4, 0.5) is 18.9 Å². The van der Waals surface area contributed by atoms with Gasteiger partial charge in [-0.25, -0.2) is 0 Å². The number of hydrogen-bond acceptors (Lipinski definition) is 5. The zero-order valence-corrected chi connectivity index (χ0v) is 21.8. The van der Waals surface area contributed by atoms with Crippen molar-refractivity contribution in [2.75, 3.05) is 11.9 Å². The Morgan fingerprint density at radius 1 is 0.949 bits per heavy atom. The highest BCUT2D eigenvalue weighted by molar-refractivity contribution is 5.92. The van der Waals surface area contributed by atoms with E-state index >= 15 is 0 Å². The van der Waals surface area contributed by atoms with Gasteiger partial charge in [-0.2, -0.15) is 13.2 Å². The van der Waals surface area contributed by atoms with Crippen LogP contribution in [0.5, 0.6) is 17.2 Å². The summed E-state index contributed by atoms with van der Waals surface area (Å²) in [4.78, 5) is 25.4. The number of nitrogens with one attached hydrogen (secondary N) is 1. The zero-order chi connectivity index (χ0) is 28.2. The fraction of sp³-hybridized carbons (Fsp3) is 0.267. The third kappa shape index (κ3) is 6.98. The molecule has 6 nitrogen and oxygen atoms in total. The number of carbonyl (C=O) groups is 1. The molecule has 9 heteroatoms. The minimum Gasteiger partial charge on any atom is -0.484 e. The number of unbranched alkanes of at least 4 members (excludes halogenated alkanes) is 1. The predicted molar refractivity (Wildman–Crippen MR) is 143 cm³/mol. The molecule has 0 radical (unpaired) electrons. The summed E-state index contributed by atoms with van der Waals surface area (Å²) in [5, 5.41) is 2.58. The molecule has 1 heterocycles. The molecule has 0 aliphatic carbocycles. The predicted octanol–water partition coefficient (Wildman–Crippen LogP) is 7.58. The molecule has 0 atom stereocenters. The molecular weight excluding hydrogens is 511 g/mol. The SMILES string of the molecule is CCCCc1ccc(NC(=O)COc2ccc3c(=O)c(Oc4cc(C)cc(C)c4)c(C(F)(F)F)oc3c2)cc1. The third-order valence-corrected chi connectivity index (χ3v) is 5.92. The first-order chi connectivity index (χ1) is 18.5. The Kier molecular flexibility index (Phi) is 8.28. The largest absolute Gasteiger partial charge is 0.484 e. The Labute approximate surface area is 223 Å². The molecule has 0 bridgehead atoms. The first kappa shape index (κ1) is 27.8. The Morgan fingerprint density at radius 2 is 1.64 bits per heavy atom. The number of anilines is 1. The van der Waals surface area contributed by atoms with Gasteiger partial charge in [0, 0.05) is 11.8 Å². The average molecular weight is 540 g/mol. The summed E-state index contributed by atoms with van der Waals surface area (Å²) < 4.78 is 57.6. The molecule has 1 aromatic heterocycles. The van der Waals surface area contributed by atoms with Crippen LogP contribution in [0.15, 0.2) is 69.9 Å². The van der Waals surface area contributed by atoms with Crippen molar-refractivity contribution in [1.82, 2.24) is 0 Å². The van der Waals surface area contributed by atoms with Gasteiger partial charge in [0.05, 0.1) is 5.39 Å². The molecule has 0 saturated heterocycles. The Bertz CT molecular complexity index is 1520. The van der Waals surface area contributed by atoms with Crippen molar-refractivity contribution in [2.24, 2.45) is 0 Å². The van der Waals surface area contributed by atoms with E-state index < -0.39 is 35.6 Å². The van der Waals surface area contributed by atoms with Gasteiger partial charge in [0.25, 0.3) is 11.7 Å². The number of alkyl halides is 3. The van der Waals surface area contributed by atoms with E-state index in [1.54, 1.807) is 26.0 Å². The molecule has 0 saturated carbocycles. The van der Waals surface area contributed by atoms with Crippen LogP contribution >= 0.6 is 0 Å². The standard InChI is InChI=1S/C30H28F3NO5/c1-4-5-6-20-7-9-21(10-8-20)34-26(35)17-37-22-11-12-24-25(16-22)39-29(30(31,32)33)28(27(24)36)38-23-14-18(2)13-19(3)15-23/h7-16H,4-6,17H2,1-3H3,(H,34,35). The van der Waals surface area contributed by atoms with Crippen molar-refractivity contribution in [3.05, 3.63) is 93.3 Å². The summed E-state index contributed by atoms with van der Waals surface area (Å²) >= 11 is 0. The van der Waals surface area contributed by atoms with Gasteiger partial charge in [-0.1, -0.05) is 31.5 Å². The van der Waals surface area contributed by atoms with Crippen LogP contribution in [0.2, 0.25) is 0 Å². The lowest BCUT2D eigenvalue weighted by Gasteiger charge is -2.14. The van der Waals surface area contributed by atoms with Gasteiger partial charge in [-0.15, -0.1) is 0 Å². The molecule has 0 aliphatic rings. The number of benzene rings is 3. The lowest BCUT2D eigenvalue weighted by atomic mass is 10.1. The van der Waals surface area contributed by atoms with E-state index in [0.29, 0.717) is 5.69 Å². The van der Waals surface area contributed by atoms with Crippen LogP contribution in [0, 0.1) is 13.8 Å². The molecule has 1 N–H and O–H groups in total. The van der Waals surface area contributed by atoms with E-state index in [-0.39, 0.29) is 22.5 Å². The summed E-state index contributed by atoms with van der Waals surface area (Å²) in [6.45, 7) is 5.25. The van der Waals surface area contributed by atoms with Crippen LogP contribution in [-0.4, -0.2) is 12.5 Å². The van der Waals surface area contributed by atoms with E-state index in [2.05, 4.69) is 12.2 Å². The first-order valence-electron chi connectivity index (χ1n) is 12.5. The summed E-state index contributed by atoms with van der Waals surface area (Å²) in [6.07, 6.45) is -1.87. The van der Waals surface area contributed by atoms with E-state index in [0.717, 1.165) is 36.5 Å². The molecule has 0 spiro atoms. The number of rotatable bonds is 9. The minimum absolute atomic E-state index is 0.0619. The molecule has 0 aliphatic heterocycles. The van der Waals surface area contributed by atoms with Crippen LogP contribution in [0.25, 0.3) is 11.0 Å². The number of ether oxygens (including phenoxy) is 2. The van der Waals surface area contributed by atoms with Gasteiger partial charge >= 0.3 is 6.18 Å². The molecule has 4 rings (SSSR count). The number of halogens is 3. The normalized spacial score (nSPS) is 11.4. The fourth-order valence-electron chi connectivity index (χ4n) is 4.12.